The average molecular weight is 901 g/mol. The van der Waals surface area contributed by atoms with Crippen molar-refractivity contribution in [1.29, 1.82) is 0 Å². The highest BCUT2D eigenvalue weighted by Crippen LogP contribution is 2.16. The van der Waals surface area contributed by atoms with Crippen molar-refractivity contribution in [2.75, 3.05) is 13.2 Å². The quantitative estimate of drug-likeness (QED) is 0.0321. The molecule has 0 rings (SSSR count). The lowest BCUT2D eigenvalue weighted by Gasteiger charge is -2.19. The molecule has 1 amide bonds. The highest BCUT2D eigenvalue weighted by molar-refractivity contribution is 5.76. The highest BCUT2D eigenvalue weighted by atomic mass is 16.5. The van der Waals surface area contributed by atoms with Crippen molar-refractivity contribution >= 4 is 11.9 Å². The summed E-state index contributed by atoms with van der Waals surface area (Å²) in [6.45, 7) is 4.86. The second kappa shape index (κ2) is 53.7. The van der Waals surface area contributed by atoms with Crippen LogP contribution in [-0.4, -0.2) is 47.4 Å². The molecule has 0 bridgehead atoms. The minimum atomic E-state index is -0.863. The van der Waals surface area contributed by atoms with Crippen LogP contribution in [0.1, 0.15) is 296 Å². The molecule has 2 unspecified atom stereocenters. The third kappa shape index (κ3) is 49.5. The van der Waals surface area contributed by atoms with Crippen LogP contribution in [0.15, 0.2) is 36.5 Å². The van der Waals surface area contributed by atoms with Gasteiger partial charge in [0, 0.05) is 12.8 Å². The number of ether oxygens (including phenoxy) is 1. The molecule has 0 aliphatic rings. The number of nitrogens with one attached hydrogen (secondary N) is 1. The van der Waals surface area contributed by atoms with Gasteiger partial charge < -0.3 is 20.3 Å². The van der Waals surface area contributed by atoms with Crippen LogP contribution in [0.5, 0.6) is 0 Å². The molecule has 6 heteroatoms. The van der Waals surface area contributed by atoms with E-state index in [9.17, 15) is 19.8 Å². The zero-order valence-electron chi connectivity index (χ0n) is 42.8. The van der Waals surface area contributed by atoms with E-state index in [0.29, 0.717) is 19.4 Å². The minimum Gasteiger partial charge on any atom is -0.466 e. The Morgan fingerprint density at radius 1 is 0.422 bits per heavy atom. The number of carbonyl (C=O) groups excluding carboxylic acids is 2. The number of aliphatic hydroxyl groups is 2. The lowest BCUT2D eigenvalue weighted by Crippen LogP contribution is -2.45. The maximum absolute atomic E-state index is 12.5. The summed E-state index contributed by atoms with van der Waals surface area (Å²) >= 11 is 0. The molecule has 0 aromatic heterocycles. The van der Waals surface area contributed by atoms with E-state index in [0.717, 1.165) is 70.6 Å². The molecule has 2 atom stereocenters. The van der Waals surface area contributed by atoms with E-state index < -0.39 is 12.1 Å². The van der Waals surface area contributed by atoms with Gasteiger partial charge >= 0.3 is 5.97 Å². The Hall–Kier alpha value is -1.92. The SMILES string of the molecule is CCCCCCC/C=C\CCCCCCCC(=O)OCCCCCCCC/C=C\CCCCCC(=O)NC(CO)C(O)/C=C/CCCCCCCCCCCCCCCCCCCC. The lowest BCUT2D eigenvalue weighted by atomic mass is 10.0. The molecule has 64 heavy (non-hydrogen) atoms. The first-order chi connectivity index (χ1) is 31.5. The second-order valence-corrected chi connectivity index (χ2v) is 19.3. The molecule has 6 nitrogen and oxygen atoms in total. The Morgan fingerprint density at radius 3 is 1.12 bits per heavy atom. The van der Waals surface area contributed by atoms with Gasteiger partial charge in [-0.25, -0.2) is 0 Å². The summed E-state index contributed by atoms with van der Waals surface area (Å²) in [7, 11) is 0. The van der Waals surface area contributed by atoms with E-state index in [1.807, 2.05) is 6.08 Å². The molecule has 0 aromatic carbocycles. The third-order valence-electron chi connectivity index (χ3n) is 12.9. The zero-order valence-corrected chi connectivity index (χ0v) is 42.8. The monoisotopic (exact) mass is 900 g/mol. The smallest absolute Gasteiger partial charge is 0.305 e. The second-order valence-electron chi connectivity index (χ2n) is 19.3. The van der Waals surface area contributed by atoms with Gasteiger partial charge in [0.2, 0.25) is 5.91 Å². The van der Waals surface area contributed by atoms with Crippen molar-refractivity contribution in [2.24, 2.45) is 0 Å². The highest BCUT2D eigenvalue weighted by Gasteiger charge is 2.18. The fraction of sp³-hybridized carbons (Fsp3) is 0.862. The Bertz CT molecular complexity index is 1040. The number of carbonyl (C=O) groups is 2. The molecular formula is C58H109NO5. The molecule has 0 aliphatic carbocycles. The summed E-state index contributed by atoms with van der Waals surface area (Å²) in [5.41, 5.74) is 0. The molecule has 0 saturated heterocycles. The summed E-state index contributed by atoms with van der Waals surface area (Å²) in [4.78, 5) is 24.5. The fourth-order valence-corrected chi connectivity index (χ4v) is 8.50. The number of hydrogen-bond donors (Lipinski definition) is 3. The first kappa shape index (κ1) is 62.1. The summed E-state index contributed by atoms with van der Waals surface area (Å²) in [6, 6.07) is -0.649. The van der Waals surface area contributed by atoms with E-state index in [1.165, 1.54) is 199 Å². The van der Waals surface area contributed by atoms with Crippen LogP contribution in [0.3, 0.4) is 0 Å². The Balaban J connectivity index is 3.54. The van der Waals surface area contributed by atoms with Gasteiger partial charge in [0.15, 0.2) is 0 Å². The molecule has 0 radical (unpaired) electrons. The first-order valence-electron chi connectivity index (χ1n) is 28.3. The largest absolute Gasteiger partial charge is 0.466 e. The van der Waals surface area contributed by atoms with Gasteiger partial charge in [-0.05, 0) is 83.5 Å². The van der Waals surface area contributed by atoms with Crippen LogP contribution in [0, 0.1) is 0 Å². The molecule has 0 spiro atoms. The van der Waals surface area contributed by atoms with Crippen molar-refractivity contribution in [2.45, 2.75) is 309 Å². The number of rotatable bonds is 52. The van der Waals surface area contributed by atoms with E-state index in [-0.39, 0.29) is 18.5 Å². The Kier molecular flexibility index (Phi) is 52.1. The van der Waals surface area contributed by atoms with Crippen LogP contribution >= 0.6 is 0 Å². The number of amides is 1. The van der Waals surface area contributed by atoms with Crippen molar-refractivity contribution in [3.8, 4) is 0 Å². The van der Waals surface area contributed by atoms with Crippen LogP contribution in [0.2, 0.25) is 0 Å². The summed E-state index contributed by atoms with van der Waals surface area (Å²) in [6.07, 6.45) is 65.9. The average Bonchev–Trinajstić information content (AvgIpc) is 3.29. The summed E-state index contributed by atoms with van der Waals surface area (Å²) in [5, 5.41) is 23.1. The number of aliphatic hydroxyl groups excluding tert-OH is 2. The number of hydrogen-bond acceptors (Lipinski definition) is 5. The van der Waals surface area contributed by atoms with Gasteiger partial charge in [-0.3, -0.25) is 9.59 Å². The van der Waals surface area contributed by atoms with Crippen LogP contribution < -0.4 is 5.32 Å². The van der Waals surface area contributed by atoms with Gasteiger partial charge in [0.1, 0.15) is 0 Å². The van der Waals surface area contributed by atoms with Crippen molar-refractivity contribution in [3.63, 3.8) is 0 Å². The minimum absolute atomic E-state index is 0.0226. The van der Waals surface area contributed by atoms with Gasteiger partial charge in [0.25, 0.3) is 0 Å². The summed E-state index contributed by atoms with van der Waals surface area (Å²) in [5.74, 6) is -0.119. The molecule has 0 heterocycles. The maximum atomic E-state index is 12.5. The Labute approximate surface area is 398 Å². The Morgan fingerprint density at radius 2 is 0.734 bits per heavy atom. The molecular weight excluding hydrogens is 791 g/mol. The van der Waals surface area contributed by atoms with Gasteiger partial charge in [-0.1, -0.05) is 237 Å². The van der Waals surface area contributed by atoms with Gasteiger partial charge in [0.05, 0.1) is 25.4 Å². The first-order valence-corrected chi connectivity index (χ1v) is 28.3. The molecule has 0 aliphatic heterocycles. The van der Waals surface area contributed by atoms with E-state index >= 15 is 0 Å². The van der Waals surface area contributed by atoms with E-state index in [4.69, 9.17) is 4.74 Å². The van der Waals surface area contributed by atoms with Gasteiger partial charge in [-0.15, -0.1) is 0 Å². The van der Waals surface area contributed by atoms with Crippen LogP contribution in [0.4, 0.5) is 0 Å². The van der Waals surface area contributed by atoms with Gasteiger partial charge in [-0.2, -0.15) is 0 Å². The van der Waals surface area contributed by atoms with Crippen LogP contribution in [0.25, 0.3) is 0 Å². The molecule has 3 N–H and O–H groups in total. The van der Waals surface area contributed by atoms with E-state index in [2.05, 4.69) is 43.5 Å². The molecule has 0 fully saturated rings. The van der Waals surface area contributed by atoms with Crippen molar-refractivity contribution in [1.82, 2.24) is 5.32 Å². The maximum Gasteiger partial charge on any atom is 0.305 e. The standard InChI is InChI=1S/C58H109NO5/c1-3-5-7-9-11-13-15-17-19-20-21-22-23-24-26-30-34-38-42-46-50-56(61)55(54-60)59-57(62)51-47-43-39-35-31-27-25-29-33-37-41-45-49-53-64-58(63)52-48-44-40-36-32-28-18-16-14-12-10-8-6-4-2/h16,18,27,31,46,50,55-56,60-61H,3-15,17,19-26,28-30,32-45,47-49,51-54H2,1-2H3,(H,59,62)/b18-16-,31-27-,50-46+. The number of unbranched alkanes of at least 4 members (excludes halogenated alkanes) is 37. The zero-order chi connectivity index (χ0) is 46.5. The fourth-order valence-electron chi connectivity index (χ4n) is 8.50. The predicted octanol–water partition coefficient (Wildman–Crippen LogP) is 17.2. The molecule has 0 saturated carbocycles. The van der Waals surface area contributed by atoms with Crippen molar-refractivity contribution in [3.05, 3.63) is 36.5 Å². The number of allylic oxidation sites excluding steroid dienone is 5. The predicted molar refractivity (Wildman–Crippen MR) is 278 cm³/mol. The summed E-state index contributed by atoms with van der Waals surface area (Å²) < 4.78 is 5.45. The normalized spacial score (nSPS) is 12.9. The van der Waals surface area contributed by atoms with Crippen LogP contribution in [-0.2, 0) is 14.3 Å². The lowest BCUT2D eigenvalue weighted by molar-refractivity contribution is -0.143. The molecule has 0 aromatic rings. The third-order valence-corrected chi connectivity index (χ3v) is 12.9. The molecule has 376 valence electrons. The van der Waals surface area contributed by atoms with Crippen molar-refractivity contribution < 1.29 is 24.5 Å². The topological polar surface area (TPSA) is 95.9 Å². The van der Waals surface area contributed by atoms with E-state index in [1.54, 1.807) is 6.08 Å². The number of esters is 1.